The van der Waals surface area contributed by atoms with E-state index in [9.17, 15) is 24.9 Å². The van der Waals surface area contributed by atoms with Crippen LogP contribution in [0.3, 0.4) is 0 Å². The molecule has 7 heteroatoms. The van der Waals surface area contributed by atoms with E-state index < -0.39 is 18.3 Å². The number of aliphatic hydroxyl groups is 3. The Balaban J connectivity index is 1.41. The van der Waals surface area contributed by atoms with E-state index in [0.717, 1.165) is 57.8 Å². The quantitative estimate of drug-likeness (QED) is 0.0713. The van der Waals surface area contributed by atoms with Crippen LogP contribution in [-0.4, -0.2) is 63.7 Å². The van der Waals surface area contributed by atoms with Crippen LogP contribution in [0, 0.1) is 0 Å². The number of esters is 1. The molecule has 0 amide bonds. The zero-order chi connectivity index (χ0) is 30.6. The van der Waals surface area contributed by atoms with Gasteiger partial charge in [-0.2, -0.15) is 0 Å². The van der Waals surface area contributed by atoms with Gasteiger partial charge in [0.1, 0.15) is 11.9 Å². The second-order valence-electron chi connectivity index (χ2n) is 12.9. The number of unbranched alkanes of at least 4 members (excludes halogenated alkanes) is 13. The average molecular weight is 595 g/mol. The van der Waals surface area contributed by atoms with Gasteiger partial charge in [0.15, 0.2) is 0 Å². The molecule has 0 aromatic carbocycles. The maximum Gasteiger partial charge on any atom is 0.334 e. The second-order valence-corrected chi connectivity index (χ2v) is 12.9. The van der Waals surface area contributed by atoms with Crippen LogP contribution >= 0.6 is 0 Å². The summed E-state index contributed by atoms with van der Waals surface area (Å²) < 4.78 is 11.1. The number of ether oxygens (including phenoxy) is 2. The molecule has 0 aromatic heterocycles. The Labute approximate surface area is 255 Å². The first-order valence-electron chi connectivity index (χ1n) is 17.4. The highest BCUT2D eigenvalue weighted by atomic mass is 16.5. The first-order chi connectivity index (χ1) is 20.3. The van der Waals surface area contributed by atoms with Gasteiger partial charge < -0.3 is 24.8 Å². The number of ketones is 1. The summed E-state index contributed by atoms with van der Waals surface area (Å²) in [5.74, 6) is -0.210. The van der Waals surface area contributed by atoms with Crippen LogP contribution in [0.25, 0.3) is 0 Å². The van der Waals surface area contributed by atoms with Gasteiger partial charge >= 0.3 is 5.97 Å². The monoisotopic (exact) mass is 594 g/mol. The van der Waals surface area contributed by atoms with E-state index in [-0.39, 0.29) is 36.5 Å². The van der Waals surface area contributed by atoms with Crippen molar-refractivity contribution in [1.82, 2.24) is 0 Å². The topological polar surface area (TPSA) is 113 Å². The second kappa shape index (κ2) is 22.3. The zero-order valence-corrected chi connectivity index (χ0v) is 26.8. The van der Waals surface area contributed by atoms with Crippen LogP contribution in [0.5, 0.6) is 0 Å². The lowest BCUT2D eigenvalue weighted by molar-refractivity contribution is -0.139. The standard InChI is InChI=1S/C35H62O7/c1-3-4-5-6-7-8-9-10-13-16-19-31(38)33-23-24-34(42-33)32(39)20-17-14-11-12-15-18-29(36)21-22-30(37)26-28-25-27(2)41-35(28)40/h25,27,30-34,37-39H,3-24,26H2,1-2H3/t27-,30-,31-,32-,33-,34-/m0/s1. The molecule has 2 aliphatic rings. The number of Topliss-reactive ketones (excluding diaryl/α,β-unsaturated/α-hetero) is 1. The van der Waals surface area contributed by atoms with Crippen LogP contribution in [0.4, 0.5) is 0 Å². The van der Waals surface area contributed by atoms with Crippen molar-refractivity contribution >= 4 is 11.8 Å². The summed E-state index contributed by atoms with van der Waals surface area (Å²) in [5.41, 5.74) is 0.504. The van der Waals surface area contributed by atoms with E-state index >= 15 is 0 Å². The summed E-state index contributed by atoms with van der Waals surface area (Å²) in [5, 5.41) is 31.3. The van der Waals surface area contributed by atoms with Crippen LogP contribution in [0.1, 0.15) is 162 Å². The summed E-state index contributed by atoms with van der Waals surface area (Å²) in [6.07, 6.45) is 21.9. The molecule has 0 aliphatic carbocycles. The van der Waals surface area contributed by atoms with E-state index in [2.05, 4.69) is 6.92 Å². The minimum absolute atomic E-state index is 0.137. The van der Waals surface area contributed by atoms with E-state index in [1.165, 1.54) is 57.8 Å². The SMILES string of the molecule is CCCCCCCCCCCC[C@H](O)[C@@H]1CC[C@@H]([C@@H](O)CCCCCCCC(=O)CC[C@H](O)CC2=C[C@H](C)OC2=O)O1. The number of hydrogen-bond donors (Lipinski definition) is 3. The molecule has 0 unspecified atom stereocenters. The summed E-state index contributed by atoms with van der Waals surface area (Å²) in [7, 11) is 0. The fourth-order valence-electron chi connectivity index (χ4n) is 6.26. The molecule has 7 nitrogen and oxygen atoms in total. The van der Waals surface area contributed by atoms with Gasteiger partial charge in [0, 0.05) is 24.8 Å². The number of carbonyl (C=O) groups excluding carboxylic acids is 2. The van der Waals surface area contributed by atoms with Gasteiger partial charge in [0.05, 0.1) is 30.5 Å². The zero-order valence-electron chi connectivity index (χ0n) is 26.8. The third-order valence-corrected chi connectivity index (χ3v) is 8.96. The molecule has 244 valence electrons. The molecule has 42 heavy (non-hydrogen) atoms. The molecular weight excluding hydrogens is 532 g/mol. The van der Waals surface area contributed by atoms with E-state index in [1.54, 1.807) is 13.0 Å². The molecule has 0 spiro atoms. The lowest BCUT2D eigenvalue weighted by Crippen LogP contribution is -2.31. The minimum Gasteiger partial charge on any atom is -0.455 e. The molecule has 1 fully saturated rings. The normalized spacial score (nSPS) is 22.6. The smallest absolute Gasteiger partial charge is 0.334 e. The highest BCUT2D eigenvalue weighted by Crippen LogP contribution is 2.28. The minimum atomic E-state index is -0.698. The first-order valence-corrected chi connectivity index (χ1v) is 17.4. The predicted octanol–water partition coefficient (Wildman–Crippen LogP) is 7.27. The molecule has 3 N–H and O–H groups in total. The fourth-order valence-corrected chi connectivity index (χ4v) is 6.26. The first kappa shape index (κ1) is 36.9. The molecule has 0 bridgehead atoms. The Bertz CT molecular complexity index is 766. The number of aliphatic hydroxyl groups excluding tert-OH is 3. The van der Waals surface area contributed by atoms with Gasteiger partial charge in [-0.05, 0) is 51.5 Å². The number of cyclic esters (lactones) is 1. The molecule has 0 radical (unpaired) electrons. The average Bonchev–Trinajstić information content (AvgIpc) is 3.58. The van der Waals surface area contributed by atoms with Crippen molar-refractivity contribution in [2.24, 2.45) is 0 Å². The maximum absolute atomic E-state index is 12.2. The van der Waals surface area contributed by atoms with Gasteiger partial charge in [-0.15, -0.1) is 0 Å². The molecule has 0 saturated carbocycles. The van der Waals surface area contributed by atoms with Gasteiger partial charge in [0.25, 0.3) is 0 Å². The van der Waals surface area contributed by atoms with Crippen molar-refractivity contribution in [2.45, 2.75) is 198 Å². The largest absolute Gasteiger partial charge is 0.455 e. The van der Waals surface area contributed by atoms with Crippen molar-refractivity contribution in [3.8, 4) is 0 Å². The summed E-state index contributed by atoms with van der Waals surface area (Å²) in [6.45, 7) is 4.04. The fraction of sp³-hybridized carbons (Fsp3) is 0.886. The van der Waals surface area contributed by atoms with Crippen LogP contribution in [-0.2, 0) is 19.1 Å². The summed E-state index contributed by atoms with van der Waals surface area (Å²) >= 11 is 0. The Morgan fingerprint density at radius 3 is 1.76 bits per heavy atom. The van der Waals surface area contributed by atoms with Crippen molar-refractivity contribution in [3.05, 3.63) is 11.6 Å². The number of hydrogen-bond acceptors (Lipinski definition) is 7. The van der Waals surface area contributed by atoms with E-state index in [0.29, 0.717) is 31.3 Å². The Morgan fingerprint density at radius 2 is 1.26 bits per heavy atom. The molecule has 6 atom stereocenters. The summed E-state index contributed by atoms with van der Waals surface area (Å²) in [4.78, 5) is 23.8. The molecule has 2 rings (SSSR count). The third-order valence-electron chi connectivity index (χ3n) is 8.96. The summed E-state index contributed by atoms with van der Waals surface area (Å²) in [6, 6.07) is 0. The Morgan fingerprint density at radius 1 is 0.762 bits per heavy atom. The molecule has 2 aliphatic heterocycles. The van der Waals surface area contributed by atoms with Gasteiger partial charge in [-0.1, -0.05) is 96.8 Å². The molecule has 0 aromatic rings. The highest BCUT2D eigenvalue weighted by molar-refractivity contribution is 5.90. The predicted molar refractivity (Wildman–Crippen MR) is 167 cm³/mol. The van der Waals surface area contributed by atoms with Crippen molar-refractivity contribution in [1.29, 1.82) is 0 Å². The number of rotatable bonds is 26. The molecule has 2 heterocycles. The van der Waals surface area contributed by atoms with Gasteiger partial charge in [-0.25, -0.2) is 4.79 Å². The van der Waals surface area contributed by atoms with Gasteiger partial charge in [-0.3, -0.25) is 4.79 Å². The van der Waals surface area contributed by atoms with Gasteiger partial charge in [0.2, 0.25) is 0 Å². The van der Waals surface area contributed by atoms with E-state index in [4.69, 9.17) is 9.47 Å². The molecule has 1 saturated heterocycles. The third kappa shape index (κ3) is 16.0. The maximum atomic E-state index is 12.2. The lowest BCUT2D eigenvalue weighted by atomic mass is 9.99. The van der Waals surface area contributed by atoms with Crippen LogP contribution in [0.2, 0.25) is 0 Å². The highest BCUT2D eigenvalue weighted by Gasteiger charge is 2.34. The van der Waals surface area contributed by atoms with Crippen molar-refractivity contribution in [3.63, 3.8) is 0 Å². The lowest BCUT2D eigenvalue weighted by Gasteiger charge is -2.22. The van der Waals surface area contributed by atoms with Crippen LogP contribution < -0.4 is 0 Å². The van der Waals surface area contributed by atoms with E-state index in [1.807, 2.05) is 0 Å². The van der Waals surface area contributed by atoms with Crippen molar-refractivity contribution in [2.75, 3.05) is 0 Å². The Hall–Kier alpha value is -1.28. The van der Waals surface area contributed by atoms with Crippen molar-refractivity contribution < 1.29 is 34.4 Å². The molecular formula is C35H62O7. The Kier molecular flexibility index (Phi) is 19.6. The number of carbonyl (C=O) groups is 2. The van der Waals surface area contributed by atoms with Crippen LogP contribution in [0.15, 0.2) is 11.6 Å².